The average molecular weight is 442 g/mol. The summed E-state index contributed by atoms with van der Waals surface area (Å²) in [5.41, 5.74) is -1.44. The van der Waals surface area contributed by atoms with Crippen molar-refractivity contribution in [2.45, 2.75) is 12.7 Å². The van der Waals surface area contributed by atoms with Crippen molar-refractivity contribution in [1.29, 1.82) is 0 Å². The number of alkyl halides is 3. The molecule has 1 aromatic carbocycles. The molecule has 4 rings (SSSR count). The standard InChI is InChI=1S/C18H12ClF3N4O2S/c1-24-6-5-13-25(9-12-8-23-17(19)29-12)15(27)14(16(28)26(13)24)10-3-2-4-11(7-10)18(20,21)22/h2-8H,9H2,1H3/p+1. The summed E-state index contributed by atoms with van der Waals surface area (Å²) in [4.78, 5) is 17.7. The zero-order chi connectivity index (χ0) is 20.9. The van der Waals surface area contributed by atoms with Gasteiger partial charge in [0.2, 0.25) is 0 Å². The molecule has 0 saturated heterocycles. The van der Waals surface area contributed by atoms with Gasteiger partial charge in [0.25, 0.3) is 5.88 Å². The summed E-state index contributed by atoms with van der Waals surface area (Å²) < 4.78 is 44.0. The lowest BCUT2D eigenvalue weighted by molar-refractivity contribution is -0.671. The van der Waals surface area contributed by atoms with E-state index in [1.54, 1.807) is 19.3 Å². The normalized spacial score (nSPS) is 12.0. The number of aryl methyl sites for hydroxylation is 1. The highest BCUT2D eigenvalue weighted by molar-refractivity contribution is 7.15. The summed E-state index contributed by atoms with van der Waals surface area (Å²) in [6.45, 7) is 0.135. The maximum atomic E-state index is 13.1. The predicted octanol–water partition coefficient (Wildman–Crippen LogP) is 3.48. The number of hydrogen-bond acceptors (Lipinski definition) is 4. The third kappa shape index (κ3) is 3.38. The molecule has 0 radical (unpaired) electrons. The van der Waals surface area contributed by atoms with Crippen LogP contribution < -0.4 is 10.1 Å². The number of hydrogen-bond donors (Lipinski definition) is 1. The van der Waals surface area contributed by atoms with Crippen LogP contribution in [0.1, 0.15) is 10.4 Å². The molecule has 0 bridgehead atoms. The Morgan fingerprint density at radius 1 is 1.31 bits per heavy atom. The summed E-state index contributed by atoms with van der Waals surface area (Å²) in [6.07, 6.45) is -1.43. The van der Waals surface area contributed by atoms with E-state index in [1.165, 1.54) is 43.4 Å². The van der Waals surface area contributed by atoms with Crippen LogP contribution in [-0.4, -0.2) is 19.3 Å². The van der Waals surface area contributed by atoms with Gasteiger partial charge in [-0.3, -0.25) is 0 Å². The Balaban J connectivity index is 2.00. The van der Waals surface area contributed by atoms with Gasteiger partial charge < -0.3 is 5.11 Å². The lowest BCUT2D eigenvalue weighted by Gasteiger charge is -2.10. The molecule has 3 aromatic heterocycles. The minimum Gasteiger partial charge on any atom is -0.477 e. The maximum absolute atomic E-state index is 13.1. The number of halogens is 4. The maximum Gasteiger partial charge on any atom is 0.416 e. The van der Waals surface area contributed by atoms with Crippen molar-refractivity contribution in [2.24, 2.45) is 7.05 Å². The van der Waals surface area contributed by atoms with Crippen LogP contribution in [0.2, 0.25) is 4.47 Å². The average Bonchev–Trinajstić information content (AvgIpc) is 3.24. The van der Waals surface area contributed by atoms with Crippen LogP contribution in [0.3, 0.4) is 0 Å². The van der Waals surface area contributed by atoms with E-state index in [2.05, 4.69) is 4.98 Å². The Bertz CT molecular complexity index is 1290. The monoisotopic (exact) mass is 441 g/mol. The minimum atomic E-state index is -4.58. The molecule has 0 saturated carbocycles. The van der Waals surface area contributed by atoms with Crippen molar-refractivity contribution in [1.82, 2.24) is 14.2 Å². The van der Waals surface area contributed by atoms with Gasteiger partial charge in [0.15, 0.2) is 10.0 Å². The van der Waals surface area contributed by atoms with Gasteiger partial charge in [-0.15, -0.1) is 11.3 Å². The van der Waals surface area contributed by atoms with Crippen molar-refractivity contribution in [3.05, 3.63) is 68.0 Å². The van der Waals surface area contributed by atoms with E-state index in [0.717, 1.165) is 12.1 Å². The van der Waals surface area contributed by atoms with Crippen molar-refractivity contribution in [3.63, 3.8) is 0 Å². The van der Waals surface area contributed by atoms with Crippen molar-refractivity contribution in [2.75, 3.05) is 0 Å². The van der Waals surface area contributed by atoms with Crippen LogP contribution in [0.5, 0.6) is 5.88 Å². The molecule has 0 fully saturated rings. The Hall–Kier alpha value is -2.85. The molecule has 6 nitrogen and oxygen atoms in total. The second-order valence-electron chi connectivity index (χ2n) is 6.31. The van der Waals surface area contributed by atoms with E-state index in [0.29, 0.717) is 15.0 Å². The largest absolute Gasteiger partial charge is 0.477 e. The Labute approximate surface area is 170 Å². The summed E-state index contributed by atoms with van der Waals surface area (Å²) in [6, 6.07) is 5.94. The topological polar surface area (TPSA) is 63.4 Å². The summed E-state index contributed by atoms with van der Waals surface area (Å²) in [7, 11) is 1.62. The first-order chi connectivity index (χ1) is 13.7. The van der Waals surface area contributed by atoms with Crippen molar-refractivity contribution >= 4 is 28.6 Å². The van der Waals surface area contributed by atoms with Gasteiger partial charge in [-0.2, -0.15) is 17.7 Å². The first kappa shape index (κ1) is 19.5. The van der Waals surface area contributed by atoms with Gasteiger partial charge in [0.1, 0.15) is 6.54 Å². The van der Waals surface area contributed by atoms with Crippen LogP contribution in [0.15, 0.2) is 47.5 Å². The molecule has 0 atom stereocenters. The fourth-order valence-electron chi connectivity index (χ4n) is 3.14. The SMILES string of the molecule is Cn1ccc2n1c(=O)c(-c1cccc(C(F)(F)F)c1)c(O)[n+]2Cc1cnc(Cl)s1. The third-order valence-corrected chi connectivity index (χ3v) is 5.55. The number of aromatic nitrogens is 4. The molecule has 0 spiro atoms. The third-order valence-electron chi connectivity index (χ3n) is 4.45. The highest BCUT2D eigenvalue weighted by Gasteiger charge is 2.33. The fraction of sp³-hybridized carbons (Fsp3) is 0.167. The number of benzene rings is 1. The van der Waals surface area contributed by atoms with Crippen LogP contribution in [-0.2, 0) is 19.8 Å². The number of thiazole rings is 1. The van der Waals surface area contributed by atoms with E-state index in [9.17, 15) is 23.1 Å². The van der Waals surface area contributed by atoms with Gasteiger partial charge >= 0.3 is 17.4 Å². The highest BCUT2D eigenvalue weighted by Crippen LogP contribution is 2.33. The van der Waals surface area contributed by atoms with E-state index >= 15 is 0 Å². The van der Waals surface area contributed by atoms with E-state index in [1.807, 2.05) is 0 Å². The minimum absolute atomic E-state index is 0.0333. The number of rotatable bonds is 3. The van der Waals surface area contributed by atoms with Crippen LogP contribution in [0.4, 0.5) is 13.2 Å². The molecule has 1 N–H and O–H groups in total. The molecule has 0 aliphatic rings. The van der Waals surface area contributed by atoms with E-state index in [4.69, 9.17) is 11.6 Å². The highest BCUT2D eigenvalue weighted by atomic mass is 35.5. The second kappa shape index (κ2) is 6.89. The second-order valence-corrected chi connectivity index (χ2v) is 8.00. The molecule has 150 valence electrons. The molecule has 0 aliphatic heterocycles. The Kier molecular flexibility index (Phi) is 4.62. The number of aromatic hydroxyl groups is 1. The zero-order valence-corrected chi connectivity index (χ0v) is 16.4. The van der Waals surface area contributed by atoms with Gasteiger partial charge in [-0.05, 0) is 17.7 Å². The van der Waals surface area contributed by atoms with Gasteiger partial charge in [0, 0.05) is 13.2 Å². The molecule has 3 heterocycles. The molecule has 0 amide bonds. The molecule has 0 unspecified atom stereocenters. The summed E-state index contributed by atoms with van der Waals surface area (Å²) >= 11 is 7.07. The quantitative estimate of drug-likeness (QED) is 0.495. The molecule has 11 heteroatoms. The van der Waals surface area contributed by atoms with Crippen LogP contribution in [0, 0.1) is 0 Å². The molecule has 0 aliphatic carbocycles. The van der Waals surface area contributed by atoms with Gasteiger partial charge in [0.05, 0.1) is 22.7 Å². The fourth-order valence-corrected chi connectivity index (χ4v) is 4.11. The Morgan fingerprint density at radius 2 is 2.07 bits per heavy atom. The van der Waals surface area contributed by atoms with E-state index in [-0.39, 0.29) is 17.7 Å². The Morgan fingerprint density at radius 3 is 2.72 bits per heavy atom. The molecule has 4 aromatic rings. The van der Waals surface area contributed by atoms with E-state index < -0.39 is 23.2 Å². The summed E-state index contributed by atoms with van der Waals surface area (Å²) in [5, 5.41) is 10.9. The van der Waals surface area contributed by atoms with Gasteiger partial charge in [-0.25, -0.2) is 14.5 Å². The first-order valence-corrected chi connectivity index (χ1v) is 9.47. The van der Waals surface area contributed by atoms with Gasteiger partial charge in [-0.1, -0.05) is 28.2 Å². The van der Waals surface area contributed by atoms with Crippen molar-refractivity contribution < 1.29 is 22.8 Å². The lowest BCUT2D eigenvalue weighted by Crippen LogP contribution is -2.41. The summed E-state index contributed by atoms with van der Waals surface area (Å²) in [5.74, 6) is -0.440. The van der Waals surface area contributed by atoms with Crippen LogP contribution >= 0.6 is 22.9 Å². The number of nitrogens with zero attached hydrogens (tertiary/aromatic N) is 4. The number of fused-ring (bicyclic) bond motifs is 1. The molecule has 29 heavy (non-hydrogen) atoms. The van der Waals surface area contributed by atoms with Crippen LogP contribution in [0.25, 0.3) is 16.8 Å². The lowest BCUT2D eigenvalue weighted by atomic mass is 10.0. The smallest absolute Gasteiger partial charge is 0.416 e. The first-order valence-electron chi connectivity index (χ1n) is 8.28. The van der Waals surface area contributed by atoms with Crippen molar-refractivity contribution in [3.8, 4) is 17.0 Å². The predicted molar refractivity (Wildman–Crippen MR) is 101 cm³/mol. The molecular weight excluding hydrogens is 429 g/mol. The zero-order valence-electron chi connectivity index (χ0n) is 14.8. The molecular formula is C18H13ClF3N4O2S+.